The zero-order chi connectivity index (χ0) is 20.0. The molecule has 2 aromatic rings. The summed E-state index contributed by atoms with van der Waals surface area (Å²) in [6, 6.07) is 12.4. The van der Waals surface area contributed by atoms with E-state index in [9.17, 15) is 9.90 Å². The summed E-state index contributed by atoms with van der Waals surface area (Å²) in [6.07, 6.45) is 2.20. The van der Waals surface area contributed by atoms with Crippen LogP contribution in [0.1, 0.15) is 61.8 Å². The van der Waals surface area contributed by atoms with Gasteiger partial charge in [-0.25, -0.2) is 4.79 Å². The first-order chi connectivity index (χ1) is 12.9. The van der Waals surface area contributed by atoms with E-state index < -0.39 is 0 Å². The number of benzene rings is 2. The molecule has 0 saturated carbocycles. The van der Waals surface area contributed by atoms with Crippen molar-refractivity contribution < 1.29 is 14.6 Å². The van der Waals surface area contributed by atoms with Crippen LogP contribution >= 0.6 is 0 Å². The quantitative estimate of drug-likeness (QED) is 0.483. The van der Waals surface area contributed by atoms with E-state index in [0.717, 1.165) is 40.7 Å². The van der Waals surface area contributed by atoms with Crippen LogP contribution in [0.2, 0.25) is 0 Å². The molecule has 3 heteroatoms. The molecule has 2 rings (SSSR count). The van der Waals surface area contributed by atoms with E-state index in [2.05, 4.69) is 38.6 Å². The molecule has 0 bridgehead atoms. The molecule has 0 aliphatic rings. The fourth-order valence-corrected chi connectivity index (χ4v) is 3.38. The van der Waals surface area contributed by atoms with Crippen LogP contribution in [0, 0.1) is 6.92 Å². The van der Waals surface area contributed by atoms with E-state index in [4.69, 9.17) is 4.74 Å². The molecule has 1 N–H and O–H groups in total. The Morgan fingerprint density at radius 1 is 1.22 bits per heavy atom. The molecule has 0 aliphatic heterocycles. The molecule has 2 aromatic carbocycles. The van der Waals surface area contributed by atoms with Crippen molar-refractivity contribution in [3.8, 4) is 11.1 Å². The highest BCUT2D eigenvalue weighted by Gasteiger charge is 2.14. The van der Waals surface area contributed by atoms with Crippen molar-refractivity contribution in [1.29, 1.82) is 0 Å². The van der Waals surface area contributed by atoms with Crippen molar-refractivity contribution in [3.63, 3.8) is 0 Å². The van der Waals surface area contributed by atoms with Gasteiger partial charge in [-0.15, -0.1) is 0 Å². The van der Waals surface area contributed by atoms with Gasteiger partial charge >= 0.3 is 5.97 Å². The molecular formula is C24H30O3. The second-order valence-corrected chi connectivity index (χ2v) is 7.27. The summed E-state index contributed by atoms with van der Waals surface area (Å²) in [5, 5.41) is 9.33. The van der Waals surface area contributed by atoms with Gasteiger partial charge in [0.1, 0.15) is 6.61 Å². The number of ether oxygens (including phenoxy) is 1. The number of carbonyl (C=O) groups is 1. The third-order valence-corrected chi connectivity index (χ3v) is 4.89. The molecule has 0 fully saturated rings. The minimum atomic E-state index is -0.363. The van der Waals surface area contributed by atoms with Crippen molar-refractivity contribution in [1.82, 2.24) is 0 Å². The fraction of sp³-hybridized carbons (Fsp3) is 0.375. The van der Waals surface area contributed by atoms with Crippen molar-refractivity contribution in [2.75, 3.05) is 0 Å². The first-order valence-corrected chi connectivity index (χ1v) is 9.53. The second-order valence-electron chi connectivity index (χ2n) is 7.27. The lowest BCUT2D eigenvalue weighted by Gasteiger charge is -2.18. The zero-order valence-electron chi connectivity index (χ0n) is 16.8. The SMILES string of the molecule is C=C(C)C(=O)OCc1cc(-c2ccc(CO)cc2C)ccc1C(C)CCC. The Labute approximate surface area is 162 Å². The second kappa shape index (κ2) is 9.52. The number of rotatable bonds is 8. The molecule has 0 heterocycles. The number of aliphatic hydroxyl groups excluding tert-OH is 1. The average molecular weight is 367 g/mol. The maximum Gasteiger partial charge on any atom is 0.333 e. The van der Waals surface area contributed by atoms with E-state index in [1.165, 1.54) is 5.56 Å². The standard InChI is InChI=1S/C24H30O3/c1-6-7-17(4)22-11-9-20(13-21(22)15-27-24(26)16(2)3)23-10-8-19(14-25)12-18(23)5/h8-13,17,25H,2,6-7,14-15H2,1,3-5H3. The first-order valence-electron chi connectivity index (χ1n) is 9.53. The van der Waals surface area contributed by atoms with Gasteiger partial charge in [0.05, 0.1) is 6.61 Å². The molecule has 0 saturated heterocycles. The van der Waals surface area contributed by atoms with Crippen LogP contribution in [0.25, 0.3) is 11.1 Å². The summed E-state index contributed by atoms with van der Waals surface area (Å²) >= 11 is 0. The largest absolute Gasteiger partial charge is 0.457 e. The molecule has 0 aromatic heterocycles. The average Bonchev–Trinajstić information content (AvgIpc) is 2.65. The van der Waals surface area contributed by atoms with Gasteiger partial charge < -0.3 is 9.84 Å². The Bertz CT molecular complexity index is 820. The lowest BCUT2D eigenvalue weighted by atomic mass is 9.89. The molecule has 27 heavy (non-hydrogen) atoms. The third-order valence-electron chi connectivity index (χ3n) is 4.89. The maximum atomic E-state index is 11.9. The number of hydrogen-bond acceptors (Lipinski definition) is 3. The third kappa shape index (κ3) is 5.30. The normalized spacial score (nSPS) is 11.9. The molecule has 0 amide bonds. The molecule has 3 nitrogen and oxygen atoms in total. The van der Waals surface area contributed by atoms with Crippen molar-refractivity contribution in [2.45, 2.75) is 59.7 Å². The lowest BCUT2D eigenvalue weighted by Crippen LogP contribution is -2.08. The highest BCUT2D eigenvalue weighted by molar-refractivity contribution is 5.87. The summed E-state index contributed by atoms with van der Waals surface area (Å²) in [7, 11) is 0. The summed E-state index contributed by atoms with van der Waals surface area (Å²) in [5.41, 5.74) is 6.89. The maximum absolute atomic E-state index is 11.9. The number of aryl methyl sites for hydroxylation is 1. The first kappa shape index (κ1) is 20.9. The van der Waals surface area contributed by atoms with Gasteiger partial charge in [-0.3, -0.25) is 0 Å². The Hall–Kier alpha value is -2.39. The number of esters is 1. The molecule has 1 atom stereocenters. The zero-order valence-corrected chi connectivity index (χ0v) is 16.8. The lowest BCUT2D eigenvalue weighted by molar-refractivity contribution is -0.140. The van der Waals surface area contributed by atoms with Crippen LogP contribution in [0.15, 0.2) is 48.6 Å². The fourth-order valence-electron chi connectivity index (χ4n) is 3.38. The minimum Gasteiger partial charge on any atom is -0.457 e. The van der Waals surface area contributed by atoms with E-state index in [-0.39, 0.29) is 19.2 Å². The molecule has 0 aliphatic carbocycles. The summed E-state index contributed by atoms with van der Waals surface area (Å²) in [5.74, 6) is 0.0402. The summed E-state index contributed by atoms with van der Waals surface area (Å²) in [4.78, 5) is 11.9. The van der Waals surface area contributed by atoms with Crippen LogP contribution in [0.5, 0.6) is 0 Å². The number of hydrogen-bond donors (Lipinski definition) is 1. The molecule has 1 unspecified atom stereocenters. The highest BCUT2D eigenvalue weighted by Crippen LogP contribution is 2.31. The van der Waals surface area contributed by atoms with Gasteiger partial charge in [0.15, 0.2) is 0 Å². The van der Waals surface area contributed by atoms with E-state index >= 15 is 0 Å². The number of carbonyl (C=O) groups excluding carboxylic acids is 1. The molecule has 144 valence electrons. The van der Waals surface area contributed by atoms with Crippen molar-refractivity contribution >= 4 is 5.97 Å². The highest BCUT2D eigenvalue weighted by atomic mass is 16.5. The molecular weight excluding hydrogens is 336 g/mol. The Morgan fingerprint density at radius 2 is 1.96 bits per heavy atom. The van der Waals surface area contributed by atoms with Gasteiger partial charge in [0.25, 0.3) is 0 Å². The van der Waals surface area contributed by atoms with E-state index in [0.29, 0.717) is 11.5 Å². The predicted molar refractivity (Wildman–Crippen MR) is 110 cm³/mol. The Morgan fingerprint density at radius 3 is 2.56 bits per heavy atom. The van der Waals surface area contributed by atoms with Crippen LogP contribution in [0.3, 0.4) is 0 Å². The van der Waals surface area contributed by atoms with Crippen LogP contribution < -0.4 is 0 Å². The van der Waals surface area contributed by atoms with Gasteiger partial charge in [-0.1, -0.05) is 57.2 Å². The van der Waals surface area contributed by atoms with Crippen LogP contribution in [0.4, 0.5) is 0 Å². The predicted octanol–water partition coefficient (Wildman–Crippen LogP) is 5.68. The van der Waals surface area contributed by atoms with E-state index in [1.807, 2.05) is 25.1 Å². The topological polar surface area (TPSA) is 46.5 Å². The Kier molecular flexibility index (Phi) is 7.37. The van der Waals surface area contributed by atoms with Gasteiger partial charge in [-0.2, -0.15) is 0 Å². The smallest absolute Gasteiger partial charge is 0.333 e. The molecule has 0 spiro atoms. The monoisotopic (exact) mass is 366 g/mol. The van der Waals surface area contributed by atoms with Gasteiger partial charge in [0, 0.05) is 5.57 Å². The van der Waals surface area contributed by atoms with Crippen molar-refractivity contribution in [2.24, 2.45) is 0 Å². The van der Waals surface area contributed by atoms with Crippen molar-refractivity contribution in [3.05, 3.63) is 70.8 Å². The van der Waals surface area contributed by atoms with Gasteiger partial charge in [0.2, 0.25) is 0 Å². The summed E-state index contributed by atoms with van der Waals surface area (Å²) in [6.45, 7) is 12.0. The minimum absolute atomic E-state index is 0.0384. The molecule has 0 radical (unpaired) electrons. The van der Waals surface area contributed by atoms with Gasteiger partial charge in [-0.05, 0) is 65.6 Å². The number of aliphatic hydroxyl groups is 1. The summed E-state index contributed by atoms with van der Waals surface area (Å²) < 4.78 is 5.44. The Balaban J connectivity index is 2.41. The van der Waals surface area contributed by atoms with E-state index in [1.54, 1.807) is 6.92 Å². The van der Waals surface area contributed by atoms with Crippen LogP contribution in [-0.4, -0.2) is 11.1 Å². The van der Waals surface area contributed by atoms with Crippen LogP contribution in [-0.2, 0) is 22.7 Å².